The molecule has 7 heteroatoms. The summed E-state index contributed by atoms with van der Waals surface area (Å²) < 4.78 is 25.8. The molecule has 0 atom stereocenters. The Balaban J connectivity index is 2.32. The van der Waals surface area contributed by atoms with Gasteiger partial charge in [0.25, 0.3) is 0 Å². The molecule has 1 fully saturated rings. The van der Waals surface area contributed by atoms with Crippen LogP contribution in [0.5, 0.6) is 0 Å². The maximum absolute atomic E-state index is 13.8. The number of benzene rings is 1. The first-order valence-electron chi connectivity index (χ1n) is 7.93. The van der Waals surface area contributed by atoms with Crippen molar-refractivity contribution in [3.63, 3.8) is 0 Å². The first-order chi connectivity index (χ1) is 11.6. The predicted octanol–water partition coefficient (Wildman–Crippen LogP) is 3.87. The number of rotatable bonds is 5. The Morgan fingerprint density at radius 3 is 2.40 bits per heavy atom. The number of thiol groups is 1. The zero-order valence-corrected chi connectivity index (χ0v) is 15.6. The molecule has 1 aromatic rings. The van der Waals surface area contributed by atoms with Crippen molar-refractivity contribution in [1.82, 2.24) is 0 Å². The molecule has 0 saturated carbocycles. The van der Waals surface area contributed by atoms with Gasteiger partial charge in [-0.15, -0.1) is 0 Å². The highest BCUT2D eigenvalue weighted by Gasteiger charge is 2.52. The fraction of sp³-hybridized carbons (Fsp3) is 0.389. The van der Waals surface area contributed by atoms with E-state index in [0.717, 1.165) is 11.5 Å². The maximum Gasteiger partial charge on any atom is 0.491 e. The second-order valence-electron chi connectivity index (χ2n) is 6.92. The van der Waals surface area contributed by atoms with Crippen LogP contribution < -0.4 is 0 Å². The van der Waals surface area contributed by atoms with Crippen molar-refractivity contribution >= 4 is 37.9 Å². The lowest BCUT2D eigenvalue weighted by molar-refractivity contribution is -0.131. The average Bonchev–Trinajstić information content (AvgIpc) is 2.72. The van der Waals surface area contributed by atoms with Crippen LogP contribution in [0.1, 0.15) is 38.8 Å². The van der Waals surface area contributed by atoms with Gasteiger partial charge in [0.05, 0.1) is 11.2 Å². The highest BCUT2D eigenvalue weighted by molar-refractivity contribution is 7.80. The van der Waals surface area contributed by atoms with Crippen LogP contribution in [-0.2, 0) is 14.1 Å². The van der Waals surface area contributed by atoms with Crippen LogP contribution >= 0.6 is 12.6 Å². The molecule has 1 saturated heterocycles. The van der Waals surface area contributed by atoms with Gasteiger partial charge in [-0.1, -0.05) is 12.1 Å². The van der Waals surface area contributed by atoms with Crippen molar-refractivity contribution in [1.29, 1.82) is 0 Å². The molecule has 1 N–H and O–H groups in total. The van der Waals surface area contributed by atoms with Gasteiger partial charge in [-0.25, -0.2) is 9.18 Å². The van der Waals surface area contributed by atoms with E-state index in [9.17, 15) is 9.18 Å². The summed E-state index contributed by atoms with van der Waals surface area (Å²) in [5.41, 5.74) is 0.797. The van der Waals surface area contributed by atoms with Crippen LogP contribution in [0.4, 0.5) is 4.39 Å². The molecule has 1 heterocycles. The fourth-order valence-electron chi connectivity index (χ4n) is 2.34. The minimum atomic E-state index is -1.13. The molecule has 0 unspecified atom stereocenters. The van der Waals surface area contributed by atoms with Gasteiger partial charge >= 0.3 is 13.1 Å². The van der Waals surface area contributed by atoms with E-state index in [0.29, 0.717) is 11.3 Å². The summed E-state index contributed by atoms with van der Waals surface area (Å²) in [6.07, 6.45) is 3.95. The van der Waals surface area contributed by atoms with Gasteiger partial charge < -0.3 is 14.4 Å². The summed E-state index contributed by atoms with van der Waals surface area (Å²) in [6, 6.07) is 4.49. The highest BCUT2D eigenvalue weighted by Crippen LogP contribution is 2.39. The highest BCUT2D eigenvalue weighted by atomic mass is 32.1. The number of hydrogen-bond donors (Lipinski definition) is 2. The average molecular weight is 364 g/mol. The molecule has 4 nitrogen and oxygen atoms in total. The minimum absolute atomic E-state index is 0.198. The number of hydrogen-bond acceptors (Lipinski definition) is 4. The van der Waals surface area contributed by atoms with Crippen molar-refractivity contribution in [2.75, 3.05) is 5.75 Å². The first-order valence-corrected chi connectivity index (χ1v) is 8.56. The summed E-state index contributed by atoms with van der Waals surface area (Å²) in [5, 5.41) is 8.70. The van der Waals surface area contributed by atoms with E-state index in [1.54, 1.807) is 12.1 Å². The topological polar surface area (TPSA) is 55.8 Å². The van der Waals surface area contributed by atoms with Gasteiger partial charge in [0, 0.05) is 17.4 Å². The summed E-state index contributed by atoms with van der Waals surface area (Å²) in [6.45, 7) is 7.87. The largest absolute Gasteiger partial charge is 0.491 e. The lowest BCUT2D eigenvalue weighted by Crippen LogP contribution is -2.41. The standard InChI is InChI=1S/C18H22BFO4S/c1-17(2)18(3,4)24-19(23-17)14(11-25)10-12-5-7-15(20)13(9-12)6-8-16(21)22/h5-10,25H,11H2,1-4H3,(H,21,22)/b8-6+,14-10?. The smallest absolute Gasteiger partial charge is 0.478 e. The Morgan fingerprint density at radius 2 is 1.88 bits per heavy atom. The quantitative estimate of drug-likeness (QED) is 0.473. The molecule has 0 aromatic heterocycles. The Hall–Kier alpha value is -1.57. The SMILES string of the molecule is CC1(C)OB(C(=Cc2ccc(F)c(/C=C/C(=O)O)c2)CS)OC1(C)C. The van der Waals surface area contributed by atoms with Gasteiger partial charge in [0.15, 0.2) is 0 Å². The van der Waals surface area contributed by atoms with E-state index in [1.807, 2.05) is 33.8 Å². The zero-order chi connectivity index (χ0) is 18.8. The molecule has 0 aliphatic carbocycles. The molecule has 1 aliphatic heterocycles. The molecule has 25 heavy (non-hydrogen) atoms. The number of carboxylic acids is 1. The fourth-order valence-corrected chi connectivity index (χ4v) is 2.58. The zero-order valence-electron chi connectivity index (χ0n) is 14.7. The number of carboxylic acid groups (broad SMARTS) is 1. The predicted molar refractivity (Wildman–Crippen MR) is 101 cm³/mol. The lowest BCUT2D eigenvalue weighted by atomic mass is 9.78. The van der Waals surface area contributed by atoms with Crippen molar-refractivity contribution in [2.24, 2.45) is 0 Å². The van der Waals surface area contributed by atoms with Crippen molar-refractivity contribution < 1.29 is 23.6 Å². The normalized spacial score (nSPS) is 19.6. The Kier molecular flexibility index (Phi) is 5.81. The van der Waals surface area contributed by atoms with Crippen LogP contribution in [0.25, 0.3) is 12.2 Å². The molecular formula is C18H22BFO4S. The Morgan fingerprint density at radius 1 is 1.28 bits per heavy atom. The van der Waals surface area contributed by atoms with Crippen LogP contribution in [0.15, 0.2) is 29.7 Å². The molecular weight excluding hydrogens is 342 g/mol. The van der Waals surface area contributed by atoms with Gasteiger partial charge in [-0.05, 0) is 56.9 Å². The minimum Gasteiger partial charge on any atom is -0.478 e. The van der Waals surface area contributed by atoms with Crippen LogP contribution in [-0.4, -0.2) is 35.1 Å². The van der Waals surface area contributed by atoms with E-state index in [1.165, 1.54) is 12.1 Å². The molecule has 0 spiro atoms. The monoisotopic (exact) mass is 364 g/mol. The molecule has 0 radical (unpaired) electrons. The van der Waals surface area contributed by atoms with Gasteiger partial charge in [0.2, 0.25) is 0 Å². The van der Waals surface area contributed by atoms with Crippen molar-refractivity contribution in [2.45, 2.75) is 38.9 Å². The van der Waals surface area contributed by atoms with E-state index < -0.39 is 30.1 Å². The third kappa shape index (κ3) is 4.54. The third-order valence-corrected chi connectivity index (χ3v) is 4.88. The Bertz CT molecular complexity index is 712. The summed E-state index contributed by atoms with van der Waals surface area (Å²) >= 11 is 4.35. The second-order valence-corrected chi connectivity index (χ2v) is 7.23. The first kappa shape index (κ1) is 19.8. The van der Waals surface area contributed by atoms with Gasteiger partial charge in [-0.2, -0.15) is 12.6 Å². The summed E-state index contributed by atoms with van der Waals surface area (Å²) in [4.78, 5) is 10.6. The van der Waals surface area contributed by atoms with E-state index in [-0.39, 0.29) is 5.56 Å². The van der Waals surface area contributed by atoms with Gasteiger partial charge in [0.1, 0.15) is 5.82 Å². The van der Waals surface area contributed by atoms with Crippen LogP contribution in [0, 0.1) is 5.82 Å². The van der Waals surface area contributed by atoms with E-state index >= 15 is 0 Å². The molecule has 2 rings (SSSR count). The van der Waals surface area contributed by atoms with Crippen LogP contribution in [0.2, 0.25) is 0 Å². The van der Waals surface area contributed by atoms with Crippen molar-refractivity contribution in [3.8, 4) is 0 Å². The summed E-state index contributed by atoms with van der Waals surface area (Å²) in [7, 11) is -0.537. The molecule has 134 valence electrons. The second kappa shape index (κ2) is 7.36. The van der Waals surface area contributed by atoms with Gasteiger partial charge in [-0.3, -0.25) is 0 Å². The van der Waals surface area contributed by atoms with Crippen LogP contribution in [0.3, 0.4) is 0 Å². The lowest BCUT2D eigenvalue weighted by Gasteiger charge is -2.32. The Labute approximate surface area is 153 Å². The number of aliphatic carboxylic acids is 1. The van der Waals surface area contributed by atoms with Crippen molar-refractivity contribution in [3.05, 3.63) is 46.7 Å². The molecule has 0 bridgehead atoms. The molecule has 1 aromatic carbocycles. The number of carbonyl (C=O) groups is 1. The van der Waals surface area contributed by atoms with E-state index in [4.69, 9.17) is 14.4 Å². The maximum atomic E-state index is 13.8. The molecule has 1 aliphatic rings. The molecule has 0 amide bonds. The van der Waals surface area contributed by atoms with E-state index in [2.05, 4.69) is 12.6 Å². The third-order valence-electron chi connectivity index (χ3n) is 4.52. The summed E-state index contributed by atoms with van der Waals surface area (Å²) in [5.74, 6) is -1.21. The number of halogens is 1.